The number of nitrogens with one attached hydrogen (secondary N) is 2. The minimum atomic E-state index is 0.619. The molecule has 0 amide bonds. The largest absolute Gasteiger partial charge is 0.490 e. The van der Waals surface area contributed by atoms with Gasteiger partial charge in [-0.15, -0.1) is 0 Å². The van der Waals surface area contributed by atoms with Crippen molar-refractivity contribution in [3.63, 3.8) is 0 Å². The van der Waals surface area contributed by atoms with Crippen LogP contribution < -0.4 is 15.5 Å². The number of nitrogens with zero attached hydrogens (tertiary/aromatic N) is 3. The van der Waals surface area contributed by atoms with Gasteiger partial charge in [-0.2, -0.15) is 0 Å². The molecule has 0 spiro atoms. The average Bonchev–Trinajstić information content (AvgIpc) is 2.18. The van der Waals surface area contributed by atoms with Crippen molar-refractivity contribution in [2.75, 3.05) is 38.5 Å². The van der Waals surface area contributed by atoms with Gasteiger partial charge < -0.3 is 15.5 Å². The predicted octanol–water partition coefficient (Wildman–Crippen LogP) is 0.805. The molecule has 15 heavy (non-hydrogen) atoms. The number of methoxy groups -OCH3 is 1. The molecule has 0 saturated carbocycles. The Labute approximate surface area is 89.6 Å². The normalized spacial score (nSPS) is 10.2. The Balaban J connectivity index is 2.98. The third-order valence-corrected chi connectivity index (χ3v) is 1.68. The smallest absolute Gasteiger partial charge is 0.205 e. The minimum Gasteiger partial charge on any atom is -0.490 e. The molecule has 1 heterocycles. The van der Waals surface area contributed by atoms with Gasteiger partial charge in [0.15, 0.2) is 11.6 Å². The van der Waals surface area contributed by atoms with Crippen molar-refractivity contribution < 1.29 is 4.74 Å². The van der Waals surface area contributed by atoms with Gasteiger partial charge in [0.2, 0.25) is 5.75 Å². The van der Waals surface area contributed by atoms with Crippen LogP contribution in [0.3, 0.4) is 0 Å². The summed E-state index contributed by atoms with van der Waals surface area (Å²) >= 11 is 0. The maximum atomic E-state index is 5.25. The van der Waals surface area contributed by atoms with E-state index in [0.717, 1.165) is 6.54 Å². The fourth-order valence-corrected chi connectivity index (χ4v) is 1.15. The Hall–Kier alpha value is -1.56. The number of rotatable bonds is 5. The highest BCUT2D eigenvalue weighted by Crippen LogP contribution is 2.28. The maximum Gasteiger partial charge on any atom is 0.205 e. The third kappa shape index (κ3) is 2.95. The summed E-state index contributed by atoms with van der Waals surface area (Å²) in [6.45, 7) is 2.79. The van der Waals surface area contributed by atoms with Gasteiger partial charge in [-0.1, -0.05) is 0 Å². The molecule has 0 unspecified atom stereocenters. The van der Waals surface area contributed by atoms with Gasteiger partial charge >= 0.3 is 0 Å². The van der Waals surface area contributed by atoms with Crippen LogP contribution in [0.1, 0.15) is 6.92 Å². The molecule has 0 saturated heterocycles. The second-order valence-corrected chi connectivity index (χ2v) is 3.14. The highest BCUT2D eigenvalue weighted by Gasteiger charge is 2.11. The van der Waals surface area contributed by atoms with E-state index in [9.17, 15) is 0 Å². The second-order valence-electron chi connectivity index (χ2n) is 3.14. The molecule has 0 atom stereocenters. The molecule has 6 nitrogen and oxygen atoms in total. The van der Waals surface area contributed by atoms with E-state index in [1.54, 1.807) is 12.1 Å². The molecule has 0 fully saturated rings. The molecule has 0 bridgehead atoms. The first-order valence-electron chi connectivity index (χ1n) is 4.75. The lowest BCUT2D eigenvalue weighted by molar-refractivity contribution is 0.407. The standard InChI is InChI=1S/C9H17N5O/c1-5-10-8-7(15-4)9(12-6-11-8)13-14(2)3/h6H,5H2,1-4H3,(H2,10,11,12,13). The summed E-state index contributed by atoms with van der Waals surface area (Å²) in [4.78, 5) is 8.21. The minimum absolute atomic E-state index is 0.619. The first-order chi connectivity index (χ1) is 7.19. The summed E-state index contributed by atoms with van der Waals surface area (Å²) in [7, 11) is 5.36. The molecule has 6 heteroatoms. The number of anilines is 2. The van der Waals surface area contributed by atoms with Crippen molar-refractivity contribution >= 4 is 11.6 Å². The molecule has 1 aromatic rings. The van der Waals surface area contributed by atoms with E-state index in [1.165, 1.54) is 6.33 Å². The number of hydrogen-bond donors (Lipinski definition) is 2. The van der Waals surface area contributed by atoms with E-state index in [4.69, 9.17) is 4.74 Å². The van der Waals surface area contributed by atoms with Gasteiger partial charge in [0.25, 0.3) is 0 Å². The molecule has 2 N–H and O–H groups in total. The van der Waals surface area contributed by atoms with E-state index in [-0.39, 0.29) is 0 Å². The van der Waals surface area contributed by atoms with Crippen molar-refractivity contribution in [1.82, 2.24) is 15.0 Å². The fourth-order valence-electron chi connectivity index (χ4n) is 1.15. The molecular weight excluding hydrogens is 194 g/mol. The molecule has 0 aliphatic heterocycles. The van der Waals surface area contributed by atoms with Gasteiger partial charge in [-0.3, -0.25) is 0 Å². The summed E-state index contributed by atoms with van der Waals surface area (Å²) in [6.07, 6.45) is 1.49. The number of hydrazine groups is 1. The van der Waals surface area contributed by atoms with Gasteiger partial charge in [-0.25, -0.2) is 15.0 Å². The van der Waals surface area contributed by atoms with Gasteiger partial charge in [0.05, 0.1) is 7.11 Å². The summed E-state index contributed by atoms with van der Waals surface area (Å²) in [5.74, 6) is 1.96. The van der Waals surface area contributed by atoms with Crippen LogP contribution in [0, 0.1) is 0 Å². The van der Waals surface area contributed by atoms with Crippen LogP contribution in [0.25, 0.3) is 0 Å². The van der Waals surface area contributed by atoms with Gasteiger partial charge in [0.1, 0.15) is 6.33 Å². The molecular formula is C9H17N5O. The lowest BCUT2D eigenvalue weighted by atomic mass is 10.4. The zero-order valence-electron chi connectivity index (χ0n) is 9.53. The monoisotopic (exact) mass is 211 g/mol. The van der Waals surface area contributed by atoms with Crippen LogP contribution in [0.4, 0.5) is 11.6 Å². The molecule has 1 aromatic heterocycles. The number of hydrogen-bond acceptors (Lipinski definition) is 6. The Morgan fingerprint density at radius 2 is 2.00 bits per heavy atom. The number of aromatic nitrogens is 2. The Kier molecular flexibility index (Phi) is 4.11. The molecule has 0 radical (unpaired) electrons. The summed E-state index contributed by atoms with van der Waals surface area (Å²) < 4.78 is 5.25. The second kappa shape index (κ2) is 5.35. The summed E-state index contributed by atoms with van der Waals surface area (Å²) in [5, 5.41) is 4.90. The highest BCUT2D eigenvalue weighted by molar-refractivity contribution is 5.63. The SMILES string of the molecule is CCNc1ncnc(NN(C)C)c1OC. The Morgan fingerprint density at radius 1 is 1.33 bits per heavy atom. The molecule has 0 aliphatic carbocycles. The van der Waals surface area contributed by atoms with Crippen LogP contribution in [0.5, 0.6) is 5.75 Å². The summed E-state index contributed by atoms with van der Waals surface area (Å²) in [5.41, 5.74) is 3.04. The highest BCUT2D eigenvalue weighted by atomic mass is 16.5. The van der Waals surface area contributed by atoms with E-state index >= 15 is 0 Å². The molecule has 84 valence electrons. The Morgan fingerprint density at radius 3 is 2.53 bits per heavy atom. The van der Waals surface area contributed by atoms with E-state index in [1.807, 2.05) is 21.0 Å². The maximum absolute atomic E-state index is 5.25. The van der Waals surface area contributed by atoms with E-state index < -0.39 is 0 Å². The van der Waals surface area contributed by atoms with Gasteiger partial charge in [-0.05, 0) is 6.92 Å². The summed E-state index contributed by atoms with van der Waals surface area (Å²) in [6, 6.07) is 0. The zero-order chi connectivity index (χ0) is 11.3. The molecule has 0 aromatic carbocycles. The predicted molar refractivity (Wildman–Crippen MR) is 60.1 cm³/mol. The average molecular weight is 211 g/mol. The Bertz CT molecular complexity index is 315. The molecule has 1 rings (SSSR count). The quantitative estimate of drug-likeness (QED) is 0.703. The van der Waals surface area contributed by atoms with Crippen molar-refractivity contribution in [2.24, 2.45) is 0 Å². The van der Waals surface area contributed by atoms with Gasteiger partial charge in [0, 0.05) is 20.6 Å². The topological polar surface area (TPSA) is 62.3 Å². The lowest BCUT2D eigenvalue weighted by Gasteiger charge is -2.16. The fraction of sp³-hybridized carbons (Fsp3) is 0.556. The van der Waals surface area contributed by atoms with Crippen molar-refractivity contribution in [3.05, 3.63) is 6.33 Å². The van der Waals surface area contributed by atoms with Crippen LogP contribution in [0.15, 0.2) is 6.33 Å². The van der Waals surface area contributed by atoms with E-state index in [0.29, 0.717) is 17.4 Å². The van der Waals surface area contributed by atoms with Crippen LogP contribution in [0.2, 0.25) is 0 Å². The number of ether oxygens (including phenoxy) is 1. The van der Waals surface area contributed by atoms with Crippen LogP contribution in [-0.4, -0.2) is 42.7 Å². The van der Waals surface area contributed by atoms with E-state index in [2.05, 4.69) is 20.7 Å². The first-order valence-corrected chi connectivity index (χ1v) is 4.75. The van der Waals surface area contributed by atoms with Crippen molar-refractivity contribution in [3.8, 4) is 5.75 Å². The first kappa shape index (κ1) is 11.5. The molecule has 0 aliphatic rings. The lowest BCUT2D eigenvalue weighted by Crippen LogP contribution is -2.21. The van der Waals surface area contributed by atoms with Crippen LogP contribution in [-0.2, 0) is 0 Å². The van der Waals surface area contributed by atoms with Crippen molar-refractivity contribution in [2.45, 2.75) is 6.92 Å². The van der Waals surface area contributed by atoms with Crippen LogP contribution >= 0.6 is 0 Å². The third-order valence-electron chi connectivity index (χ3n) is 1.68. The van der Waals surface area contributed by atoms with Crippen molar-refractivity contribution in [1.29, 1.82) is 0 Å². The zero-order valence-corrected chi connectivity index (χ0v) is 9.53.